The van der Waals surface area contributed by atoms with Crippen LogP contribution < -0.4 is 15.5 Å². The largest absolute Gasteiger partial charge is 0.489 e. The molecule has 3 aromatic rings. The average Bonchev–Trinajstić information content (AvgIpc) is 3.64. The third kappa shape index (κ3) is 4.06. The number of ether oxygens (including phenoxy) is 3. The molecule has 1 unspecified atom stereocenters. The van der Waals surface area contributed by atoms with Gasteiger partial charge < -0.3 is 24.1 Å². The Labute approximate surface area is 204 Å². The maximum absolute atomic E-state index is 15.6. The van der Waals surface area contributed by atoms with E-state index in [0.29, 0.717) is 12.8 Å². The molecule has 8 nitrogen and oxygen atoms in total. The van der Waals surface area contributed by atoms with Crippen molar-refractivity contribution in [1.82, 2.24) is 9.88 Å². The number of carbonyl (C=O) groups is 2. The Bertz CT molecular complexity index is 1400. The third-order valence-corrected chi connectivity index (χ3v) is 6.49. The van der Waals surface area contributed by atoms with Gasteiger partial charge in [-0.2, -0.15) is 0 Å². The fourth-order valence-corrected chi connectivity index (χ4v) is 4.58. The minimum absolute atomic E-state index is 0.0407. The molecule has 1 fully saturated rings. The maximum Gasteiger partial charge on any atom is 0.408 e. The summed E-state index contributed by atoms with van der Waals surface area (Å²) in [6.07, 6.45) is 1.35. The van der Waals surface area contributed by atoms with Gasteiger partial charge in [-0.1, -0.05) is 30.3 Å². The Morgan fingerprint density at radius 2 is 1.97 bits per heavy atom. The van der Waals surface area contributed by atoms with Gasteiger partial charge in [0.25, 0.3) is 0 Å². The van der Waals surface area contributed by atoms with E-state index < -0.39 is 41.6 Å². The standard InChI is InChI=1S/C26H24F2N2O6/c1-2-34-24(32)18-12-30-16(11-27)14-35-23-20(19(28)10-17(21(23)30)22(18)31)26(8-9-26)29-25(33)36-13-15-6-4-3-5-7-15/h3-7,10,12,16H,2,8-9,11,13-14H2,1H3,(H,29,33). The molecule has 0 bridgehead atoms. The molecule has 1 saturated carbocycles. The highest BCUT2D eigenvalue weighted by atomic mass is 19.1. The topological polar surface area (TPSA) is 95.9 Å². The number of esters is 1. The van der Waals surface area contributed by atoms with E-state index in [0.717, 1.165) is 11.6 Å². The first-order valence-corrected chi connectivity index (χ1v) is 11.6. The molecular formula is C26H24F2N2O6. The van der Waals surface area contributed by atoms with Crippen LogP contribution >= 0.6 is 0 Å². The maximum atomic E-state index is 15.6. The molecule has 188 valence electrons. The molecular weight excluding hydrogens is 474 g/mol. The summed E-state index contributed by atoms with van der Waals surface area (Å²) in [6.45, 7) is 0.700. The van der Waals surface area contributed by atoms with E-state index in [1.165, 1.54) is 10.8 Å². The number of alkyl carbamates (subject to hydrolysis) is 1. The minimum atomic E-state index is -1.09. The van der Waals surface area contributed by atoms with Gasteiger partial charge in [-0.05, 0) is 31.4 Å². The molecule has 1 N–H and O–H groups in total. The van der Waals surface area contributed by atoms with Crippen molar-refractivity contribution in [2.24, 2.45) is 0 Å². The lowest BCUT2D eigenvalue weighted by Crippen LogP contribution is -2.37. The lowest BCUT2D eigenvalue weighted by Gasteiger charge is -2.31. The molecule has 2 heterocycles. The molecule has 1 aliphatic heterocycles. The molecule has 2 aliphatic rings. The molecule has 2 aromatic carbocycles. The number of rotatable bonds is 7. The van der Waals surface area contributed by atoms with Gasteiger partial charge in [0.2, 0.25) is 5.43 Å². The van der Waals surface area contributed by atoms with E-state index in [1.807, 2.05) is 30.3 Å². The number of nitrogens with one attached hydrogen (secondary N) is 1. The van der Waals surface area contributed by atoms with Crippen molar-refractivity contribution in [3.63, 3.8) is 0 Å². The molecule has 0 spiro atoms. The highest BCUT2D eigenvalue weighted by Gasteiger charge is 2.51. The number of hydrogen-bond donors (Lipinski definition) is 1. The second kappa shape index (κ2) is 9.25. The van der Waals surface area contributed by atoms with Crippen molar-refractivity contribution in [3.05, 3.63) is 75.3 Å². The first-order chi connectivity index (χ1) is 17.4. The highest BCUT2D eigenvalue weighted by Crippen LogP contribution is 2.52. The van der Waals surface area contributed by atoms with Gasteiger partial charge in [0.15, 0.2) is 5.75 Å². The van der Waals surface area contributed by atoms with Crippen LogP contribution in [0.2, 0.25) is 0 Å². The Hall–Kier alpha value is -3.95. The summed E-state index contributed by atoms with van der Waals surface area (Å²) in [5.41, 5.74) is -1.11. The molecule has 1 aromatic heterocycles. The summed E-state index contributed by atoms with van der Waals surface area (Å²) in [5, 5.41) is 2.62. The number of amides is 1. The number of alkyl halides is 1. The summed E-state index contributed by atoms with van der Waals surface area (Å²) in [7, 11) is 0. The van der Waals surface area contributed by atoms with E-state index in [9.17, 15) is 18.8 Å². The van der Waals surface area contributed by atoms with Crippen LogP contribution in [-0.4, -0.2) is 36.5 Å². The Morgan fingerprint density at radius 1 is 1.22 bits per heavy atom. The van der Waals surface area contributed by atoms with Crippen LogP contribution in [0, 0.1) is 5.82 Å². The molecule has 0 saturated heterocycles. The van der Waals surface area contributed by atoms with Crippen molar-refractivity contribution >= 4 is 23.0 Å². The second-order valence-corrected chi connectivity index (χ2v) is 8.85. The van der Waals surface area contributed by atoms with E-state index >= 15 is 4.39 Å². The monoisotopic (exact) mass is 498 g/mol. The SMILES string of the molecule is CCOC(=O)c1cn2c3c(c(C4(NC(=O)OCc5ccccc5)CC4)c(F)cc3c1=O)OCC2CF. The van der Waals surface area contributed by atoms with E-state index in [2.05, 4.69) is 5.32 Å². The zero-order valence-electron chi connectivity index (χ0n) is 19.5. The number of carbonyl (C=O) groups excluding carboxylic acids is 2. The van der Waals surface area contributed by atoms with Gasteiger partial charge in [0, 0.05) is 6.20 Å². The fourth-order valence-electron chi connectivity index (χ4n) is 4.58. The number of aromatic nitrogens is 1. The average molecular weight is 498 g/mol. The quantitative estimate of drug-likeness (QED) is 0.492. The molecule has 0 radical (unpaired) electrons. The number of pyridine rings is 1. The zero-order valence-corrected chi connectivity index (χ0v) is 19.5. The molecule has 5 rings (SSSR count). The first-order valence-electron chi connectivity index (χ1n) is 11.6. The third-order valence-electron chi connectivity index (χ3n) is 6.49. The molecule has 1 amide bonds. The van der Waals surface area contributed by atoms with Gasteiger partial charge in [0.1, 0.15) is 31.3 Å². The van der Waals surface area contributed by atoms with Crippen LogP contribution in [0.5, 0.6) is 5.75 Å². The van der Waals surface area contributed by atoms with Crippen LogP contribution in [0.25, 0.3) is 10.9 Å². The van der Waals surface area contributed by atoms with Crippen LogP contribution in [0.15, 0.2) is 47.4 Å². The second-order valence-electron chi connectivity index (χ2n) is 8.85. The first kappa shape index (κ1) is 23.8. The van der Waals surface area contributed by atoms with Crippen LogP contribution in [0.1, 0.15) is 47.3 Å². The lowest BCUT2D eigenvalue weighted by atomic mass is 9.97. The smallest absolute Gasteiger partial charge is 0.408 e. The van der Waals surface area contributed by atoms with Crippen LogP contribution in [0.4, 0.5) is 13.6 Å². The van der Waals surface area contributed by atoms with Gasteiger partial charge in [-0.3, -0.25) is 4.79 Å². The van der Waals surface area contributed by atoms with E-state index in [4.69, 9.17) is 14.2 Å². The lowest BCUT2D eigenvalue weighted by molar-refractivity contribution is 0.0523. The van der Waals surface area contributed by atoms with E-state index in [-0.39, 0.29) is 47.6 Å². The summed E-state index contributed by atoms with van der Waals surface area (Å²) in [5.74, 6) is -1.60. The van der Waals surface area contributed by atoms with Crippen molar-refractivity contribution in [2.75, 3.05) is 19.9 Å². The van der Waals surface area contributed by atoms with Crippen molar-refractivity contribution in [3.8, 4) is 5.75 Å². The summed E-state index contributed by atoms with van der Waals surface area (Å²) >= 11 is 0. The fraction of sp³-hybridized carbons (Fsp3) is 0.346. The molecule has 10 heteroatoms. The van der Waals surface area contributed by atoms with Gasteiger partial charge in [0.05, 0.1) is 34.7 Å². The van der Waals surface area contributed by atoms with Crippen molar-refractivity contribution < 1.29 is 32.6 Å². The number of hydrogen-bond acceptors (Lipinski definition) is 6. The number of nitrogens with zero attached hydrogens (tertiary/aromatic N) is 1. The van der Waals surface area contributed by atoms with Gasteiger partial charge in [-0.15, -0.1) is 0 Å². The predicted octanol–water partition coefficient (Wildman–Crippen LogP) is 4.14. The Balaban J connectivity index is 1.55. The highest BCUT2D eigenvalue weighted by molar-refractivity contribution is 5.96. The van der Waals surface area contributed by atoms with Crippen LogP contribution in [0.3, 0.4) is 0 Å². The Kier molecular flexibility index (Phi) is 6.11. The van der Waals surface area contributed by atoms with Crippen molar-refractivity contribution in [2.45, 2.75) is 38.0 Å². The van der Waals surface area contributed by atoms with Crippen molar-refractivity contribution in [1.29, 1.82) is 0 Å². The summed E-state index contributed by atoms with van der Waals surface area (Å²) in [4.78, 5) is 38.0. The summed E-state index contributed by atoms with van der Waals surface area (Å²) < 4.78 is 47.0. The normalized spacial score (nSPS) is 17.2. The number of halogens is 2. The zero-order chi connectivity index (χ0) is 25.4. The molecule has 36 heavy (non-hydrogen) atoms. The number of benzene rings is 2. The minimum Gasteiger partial charge on any atom is -0.489 e. The van der Waals surface area contributed by atoms with Gasteiger partial charge >= 0.3 is 12.1 Å². The molecule has 1 aliphatic carbocycles. The summed E-state index contributed by atoms with van der Waals surface area (Å²) in [6, 6.07) is 9.30. The van der Waals surface area contributed by atoms with E-state index in [1.54, 1.807) is 6.92 Å². The van der Waals surface area contributed by atoms with Gasteiger partial charge in [-0.25, -0.2) is 18.4 Å². The Morgan fingerprint density at radius 3 is 2.64 bits per heavy atom. The molecule has 1 atom stereocenters. The predicted molar refractivity (Wildman–Crippen MR) is 125 cm³/mol. The van der Waals surface area contributed by atoms with Crippen LogP contribution in [-0.2, 0) is 21.6 Å².